The Morgan fingerprint density at radius 3 is 2.73 bits per heavy atom. The van der Waals surface area contributed by atoms with Gasteiger partial charge in [0.2, 0.25) is 0 Å². The molecule has 2 aromatic carbocycles. The fourth-order valence-corrected chi connectivity index (χ4v) is 2.41. The third-order valence-corrected chi connectivity index (χ3v) is 3.54. The Morgan fingerprint density at radius 2 is 1.91 bits per heavy atom. The Morgan fingerprint density at radius 1 is 1.05 bits per heavy atom. The van der Waals surface area contributed by atoms with E-state index in [0.29, 0.717) is 26.2 Å². The third-order valence-electron chi connectivity index (χ3n) is 3.54. The van der Waals surface area contributed by atoms with E-state index in [9.17, 15) is 0 Å². The maximum atomic E-state index is 9.01. The van der Waals surface area contributed by atoms with Gasteiger partial charge in [0.05, 0.1) is 13.2 Å². The van der Waals surface area contributed by atoms with Crippen molar-refractivity contribution in [3.8, 4) is 11.5 Å². The van der Waals surface area contributed by atoms with Gasteiger partial charge in [0.1, 0.15) is 6.61 Å². The van der Waals surface area contributed by atoms with Crippen LogP contribution in [0.25, 0.3) is 0 Å². The zero-order valence-electron chi connectivity index (χ0n) is 12.4. The minimum atomic E-state index is -0.111. The van der Waals surface area contributed by atoms with Crippen LogP contribution < -0.4 is 9.47 Å². The van der Waals surface area contributed by atoms with Crippen molar-refractivity contribution >= 4 is 0 Å². The quantitative estimate of drug-likeness (QED) is 0.891. The Balaban J connectivity index is 1.53. The molecule has 0 spiro atoms. The van der Waals surface area contributed by atoms with Gasteiger partial charge in [-0.3, -0.25) is 0 Å². The van der Waals surface area contributed by atoms with Gasteiger partial charge in [-0.2, -0.15) is 0 Å². The van der Waals surface area contributed by atoms with E-state index in [2.05, 4.69) is 0 Å². The number of fused-ring (bicyclic) bond motifs is 1. The van der Waals surface area contributed by atoms with Crippen LogP contribution >= 0.6 is 0 Å². The molecule has 0 saturated carbocycles. The number of ether oxygens (including phenoxy) is 3. The minimum absolute atomic E-state index is 0.111. The maximum absolute atomic E-state index is 9.01. The fraction of sp³-hybridized carbons (Fsp3) is 0.333. The average Bonchev–Trinajstić information content (AvgIpc) is 2.56. The number of aliphatic hydroxyl groups is 1. The molecule has 0 saturated heterocycles. The van der Waals surface area contributed by atoms with Gasteiger partial charge in [-0.05, 0) is 29.7 Å². The Hall–Kier alpha value is -2.04. The second kappa shape index (κ2) is 7.29. The molecular formula is C18H20O4. The summed E-state index contributed by atoms with van der Waals surface area (Å²) < 4.78 is 17.3. The van der Waals surface area contributed by atoms with E-state index in [1.54, 1.807) is 0 Å². The van der Waals surface area contributed by atoms with Crippen molar-refractivity contribution in [2.24, 2.45) is 0 Å². The summed E-state index contributed by atoms with van der Waals surface area (Å²) in [6.07, 6.45) is 0.506. The van der Waals surface area contributed by atoms with Gasteiger partial charge in [0.15, 0.2) is 17.6 Å². The lowest BCUT2D eigenvalue weighted by Crippen LogP contribution is -2.33. The summed E-state index contributed by atoms with van der Waals surface area (Å²) in [5, 5.41) is 9.01. The highest BCUT2D eigenvalue weighted by molar-refractivity contribution is 5.44. The predicted octanol–water partition coefficient (Wildman–Crippen LogP) is 2.58. The van der Waals surface area contributed by atoms with E-state index in [1.165, 1.54) is 0 Å². The summed E-state index contributed by atoms with van der Waals surface area (Å²) in [7, 11) is 0. The second-order valence-electron chi connectivity index (χ2n) is 5.31. The number of benzene rings is 2. The molecule has 0 bridgehead atoms. The molecule has 4 heteroatoms. The van der Waals surface area contributed by atoms with Crippen molar-refractivity contribution < 1.29 is 19.3 Å². The first kappa shape index (κ1) is 14.9. The van der Waals surface area contributed by atoms with E-state index < -0.39 is 0 Å². The van der Waals surface area contributed by atoms with Crippen LogP contribution in [0.5, 0.6) is 11.5 Å². The highest BCUT2D eigenvalue weighted by atomic mass is 16.6. The largest absolute Gasteiger partial charge is 0.486 e. The molecule has 0 aromatic heterocycles. The number of rotatable bonds is 6. The van der Waals surface area contributed by atoms with Crippen LogP contribution in [0.3, 0.4) is 0 Å². The van der Waals surface area contributed by atoms with Gasteiger partial charge < -0.3 is 19.3 Å². The Kier molecular flexibility index (Phi) is 4.93. The molecule has 0 radical (unpaired) electrons. The number of hydrogen-bond acceptors (Lipinski definition) is 4. The van der Waals surface area contributed by atoms with Gasteiger partial charge in [0, 0.05) is 6.61 Å². The molecule has 0 unspecified atom stereocenters. The number of aliphatic hydroxyl groups excluding tert-OH is 1. The normalized spacial score (nSPS) is 16.5. The lowest BCUT2D eigenvalue weighted by molar-refractivity contribution is 0.00265. The van der Waals surface area contributed by atoms with Crippen molar-refractivity contribution in [1.82, 2.24) is 0 Å². The van der Waals surface area contributed by atoms with Crippen LogP contribution in [0.4, 0.5) is 0 Å². The lowest BCUT2D eigenvalue weighted by Gasteiger charge is -2.26. The van der Waals surface area contributed by atoms with E-state index in [4.69, 9.17) is 19.3 Å². The van der Waals surface area contributed by atoms with Crippen molar-refractivity contribution in [3.63, 3.8) is 0 Å². The summed E-state index contributed by atoms with van der Waals surface area (Å²) in [6, 6.07) is 15.8. The molecule has 1 atom stereocenters. The molecule has 116 valence electrons. The van der Waals surface area contributed by atoms with Crippen LogP contribution in [0.2, 0.25) is 0 Å². The third kappa shape index (κ3) is 3.78. The summed E-state index contributed by atoms with van der Waals surface area (Å²) in [4.78, 5) is 0. The van der Waals surface area contributed by atoms with E-state index >= 15 is 0 Å². The van der Waals surface area contributed by atoms with Crippen LogP contribution in [0.15, 0.2) is 48.5 Å². The van der Waals surface area contributed by atoms with Crippen molar-refractivity contribution in [3.05, 3.63) is 59.7 Å². The topological polar surface area (TPSA) is 47.9 Å². The first-order valence-electron chi connectivity index (χ1n) is 7.50. The Labute approximate surface area is 130 Å². The lowest BCUT2D eigenvalue weighted by atomic mass is 10.1. The predicted molar refractivity (Wildman–Crippen MR) is 83.2 cm³/mol. The molecule has 22 heavy (non-hydrogen) atoms. The van der Waals surface area contributed by atoms with E-state index in [-0.39, 0.29) is 12.7 Å². The second-order valence-corrected chi connectivity index (χ2v) is 5.31. The number of hydrogen-bond donors (Lipinski definition) is 1. The molecule has 0 fully saturated rings. The molecule has 1 aliphatic heterocycles. The molecule has 4 nitrogen and oxygen atoms in total. The van der Waals surface area contributed by atoms with Gasteiger partial charge in [0.25, 0.3) is 0 Å². The Bertz CT molecular complexity index is 597. The van der Waals surface area contributed by atoms with Crippen molar-refractivity contribution in [1.29, 1.82) is 0 Å². The zero-order valence-corrected chi connectivity index (χ0v) is 12.4. The molecule has 1 heterocycles. The van der Waals surface area contributed by atoms with E-state index in [1.807, 2.05) is 48.5 Å². The summed E-state index contributed by atoms with van der Waals surface area (Å²) >= 11 is 0. The van der Waals surface area contributed by atoms with Crippen molar-refractivity contribution in [2.75, 3.05) is 19.8 Å². The van der Waals surface area contributed by atoms with Crippen LogP contribution in [0, 0.1) is 0 Å². The molecule has 1 N–H and O–H groups in total. The summed E-state index contributed by atoms with van der Waals surface area (Å²) in [5.74, 6) is 1.48. The fourth-order valence-electron chi connectivity index (χ4n) is 2.41. The SMILES string of the molecule is OCCc1ccc2c(c1)O[C@H](COCc1ccccc1)CO2. The van der Waals surface area contributed by atoms with Crippen LogP contribution in [-0.4, -0.2) is 31.0 Å². The zero-order chi connectivity index (χ0) is 15.2. The van der Waals surface area contributed by atoms with Gasteiger partial charge in [-0.25, -0.2) is 0 Å². The summed E-state index contributed by atoms with van der Waals surface area (Å²) in [6.45, 7) is 1.67. The molecule has 3 rings (SSSR count). The van der Waals surface area contributed by atoms with Crippen LogP contribution in [-0.2, 0) is 17.8 Å². The standard InChI is InChI=1S/C18H20O4/c19-9-8-14-6-7-17-18(10-14)22-16(13-21-17)12-20-11-15-4-2-1-3-5-15/h1-7,10,16,19H,8-9,11-13H2/t16-/m1/s1. The smallest absolute Gasteiger partial charge is 0.162 e. The molecule has 0 aliphatic carbocycles. The highest BCUT2D eigenvalue weighted by Crippen LogP contribution is 2.32. The highest BCUT2D eigenvalue weighted by Gasteiger charge is 2.21. The van der Waals surface area contributed by atoms with Gasteiger partial charge >= 0.3 is 0 Å². The first-order valence-corrected chi connectivity index (χ1v) is 7.50. The monoisotopic (exact) mass is 300 g/mol. The average molecular weight is 300 g/mol. The summed E-state index contributed by atoms with van der Waals surface area (Å²) in [5.41, 5.74) is 2.18. The van der Waals surface area contributed by atoms with E-state index in [0.717, 1.165) is 22.6 Å². The van der Waals surface area contributed by atoms with Gasteiger partial charge in [-0.1, -0.05) is 36.4 Å². The first-order chi connectivity index (χ1) is 10.8. The molecule has 1 aliphatic rings. The van der Waals surface area contributed by atoms with Crippen LogP contribution in [0.1, 0.15) is 11.1 Å². The molecular weight excluding hydrogens is 280 g/mol. The van der Waals surface area contributed by atoms with Crippen molar-refractivity contribution in [2.45, 2.75) is 19.1 Å². The van der Waals surface area contributed by atoms with Gasteiger partial charge in [-0.15, -0.1) is 0 Å². The maximum Gasteiger partial charge on any atom is 0.162 e. The molecule has 0 amide bonds. The molecule has 2 aromatic rings. The minimum Gasteiger partial charge on any atom is -0.486 e.